The molecule has 0 aromatic heterocycles. The van der Waals surface area contributed by atoms with Crippen LogP contribution in [-0.4, -0.2) is 10.7 Å². The Morgan fingerprint density at radius 3 is 1.80 bits per heavy atom. The first kappa shape index (κ1) is 13.5. The standard InChI is InChI=1S/C16H11NO3/c1-12(18)15-8-4-13(5-9-15)2-3-14-6-10-16(11-7-14)17(19)20/h4-11H,1H3. The Bertz CT molecular complexity index is 643. The second-order valence-corrected chi connectivity index (χ2v) is 4.19. The number of nitrogens with zero attached hydrogens (tertiary/aromatic N) is 1. The van der Waals surface area contributed by atoms with Crippen molar-refractivity contribution in [3.8, 4) is 11.8 Å². The number of carbonyl (C=O) groups is 1. The highest BCUT2D eigenvalue weighted by Gasteiger charge is 2.02. The van der Waals surface area contributed by atoms with Gasteiger partial charge in [0, 0.05) is 28.8 Å². The van der Waals surface area contributed by atoms with Crippen LogP contribution in [0.5, 0.6) is 0 Å². The quantitative estimate of drug-likeness (QED) is 0.362. The van der Waals surface area contributed by atoms with Gasteiger partial charge in [0.1, 0.15) is 0 Å². The van der Waals surface area contributed by atoms with Gasteiger partial charge in [-0.1, -0.05) is 24.0 Å². The van der Waals surface area contributed by atoms with E-state index in [1.165, 1.54) is 19.1 Å². The lowest BCUT2D eigenvalue weighted by atomic mass is 10.1. The summed E-state index contributed by atoms with van der Waals surface area (Å²) in [6.07, 6.45) is 0. The summed E-state index contributed by atoms with van der Waals surface area (Å²) >= 11 is 0. The van der Waals surface area contributed by atoms with Gasteiger partial charge in [0.15, 0.2) is 5.78 Å². The van der Waals surface area contributed by atoms with Crippen molar-refractivity contribution in [1.82, 2.24) is 0 Å². The first-order chi connectivity index (χ1) is 9.56. The maximum Gasteiger partial charge on any atom is 0.269 e. The van der Waals surface area contributed by atoms with Gasteiger partial charge in [0.2, 0.25) is 0 Å². The summed E-state index contributed by atoms with van der Waals surface area (Å²) in [6.45, 7) is 1.51. The number of carbonyl (C=O) groups excluding carboxylic acids is 1. The average molecular weight is 265 g/mol. The molecule has 0 amide bonds. The third-order valence-electron chi connectivity index (χ3n) is 2.72. The Morgan fingerprint density at radius 2 is 1.40 bits per heavy atom. The molecule has 0 N–H and O–H groups in total. The number of nitro benzene ring substituents is 1. The molecule has 0 aliphatic carbocycles. The Labute approximate surface area is 116 Å². The van der Waals surface area contributed by atoms with Crippen molar-refractivity contribution in [1.29, 1.82) is 0 Å². The largest absolute Gasteiger partial charge is 0.295 e. The molecule has 0 spiro atoms. The van der Waals surface area contributed by atoms with Gasteiger partial charge in [-0.2, -0.15) is 0 Å². The topological polar surface area (TPSA) is 60.2 Å². The second-order valence-electron chi connectivity index (χ2n) is 4.19. The summed E-state index contributed by atoms with van der Waals surface area (Å²) in [6, 6.07) is 13.0. The number of benzene rings is 2. The van der Waals surface area contributed by atoms with Crippen molar-refractivity contribution in [3.63, 3.8) is 0 Å². The van der Waals surface area contributed by atoms with Crippen LogP contribution in [0.4, 0.5) is 5.69 Å². The van der Waals surface area contributed by atoms with Crippen molar-refractivity contribution in [2.75, 3.05) is 0 Å². The molecule has 0 bridgehead atoms. The molecule has 0 fully saturated rings. The Balaban J connectivity index is 2.17. The molecule has 0 atom stereocenters. The van der Waals surface area contributed by atoms with Crippen LogP contribution in [0.15, 0.2) is 48.5 Å². The van der Waals surface area contributed by atoms with Gasteiger partial charge in [-0.05, 0) is 31.2 Å². The first-order valence-electron chi connectivity index (χ1n) is 5.94. The van der Waals surface area contributed by atoms with Crippen LogP contribution in [0.3, 0.4) is 0 Å². The zero-order chi connectivity index (χ0) is 14.5. The molecule has 0 aliphatic rings. The first-order valence-corrected chi connectivity index (χ1v) is 5.94. The summed E-state index contributed by atoms with van der Waals surface area (Å²) in [7, 11) is 0. The lowest BCUT2D eigenvalue weighted by Crippen LogP contribution is -1.90. The van der Waals surface area contributed by atoms with E-state index in [1.807, 2.05) is 0 Å². The van der Waals surface area contributed by atoms with Gasteiger partial charge in [-0.25, -0.2) is 0 Å². The average Bonchev–Trinajstić information content (AvgIpc) is 2.46. The minimum Gasteiger partial charge on any atom is -0.295 e. The molecule has 0 saturated heterocycles. The van der Waals surface area contributed by atoms with Gasteiger partial charge in [0.05, 0.1) is 4.92 Å². The van der Waals surface area contributed by atoms with Crippen molar-refractivity contribution >= 4 is 11.5 Å². The van der Waals surface area contributed by atoms with E-state index in [2.05, 4.69) is 11.8 Å². The van der Waals surface area contributed by atoms with E-state index >= 15 is 0 Å². The number of non-ortho nitro benzene ring substituents is 1. The minimum atomic E-state index is -0.447. The SMILES string of the molecule is CC(=O)c1ccc(C#Cc2ccc([N+](=O)[O-])cc2)cc1. The van der Waals surface area contributed by atoms with Gasteiger partial charge in [0.25, 0.3) is 5.69 Å². The van der Waals surface area contributed by atoms with Crippen LogP contribution < -0.4 is 0 Å². The third kappa shape index (κ3) is 3.30. The maximum atomic E-state index is 11.1. The highest BCUT2D eigenvalue weighted by atomic mass is 16.6. The molecule has 98 valence electrons. The van der Waals surface area contributed by atoms with Crippen LogP contribution in [0.25, 0.3) is 0 Å². The highest BCUT2D eigenvalue weighted by Crippen LogP contribution is 2.11. The second kappa shape index (κ2) is 5.81. The Hall–Kier alpha value is -2.93. The van der Waals surface area contributed by atoms with Crippen LogP contribution in [0.2, 0.25) is 0 Å². The highest BCUT2D eigenvalue weighted by molar-refractivity contribution is 5.94. The summed E-state index contributed by atoms with van der Waals surface area (Å²) in [5, 5.41) is 10.5. The molecule has 4 nitrogen and oxygen atoms in total. The molecule has 0 saturated carbocycles. The summed E-state index contributed by atoms with van der Waals surface area (Å²) < 4.78 is 0. The van der Waals surface area contributed by atoms with E-state index in [1.54, 1.807) is 36.4 Å². The fourth-order valence-electron chi connectivity index (χ4n) is 1.60. The van der Waals surface area contributed by atoms with E-state index in [9.17, 15) is 14.9 Å². The molecule has 0 heterocycles. The van der Waals surface area contributed by atoms with Crippen LogP contribution in [-0.2, 0) is 0 Å². The maximum absolute atomic E-state index is 11.1. The fraction of sp³-hybridized carbons (Fsp3) is 0.0625. The molecule has 2 aromatic carbocycles. The minimum absolute atomic E-state index is 0.0138. The van der Waals surface area contributed by atoms with Crippen molar-refractivity contribution < 1.29 is 9.72 Å². The van der Waals surface area contributed by atoms with Crippen molar-refractivity contribution in [2.24, 2.45) is 0 Å². The Kier molecular flexibility index (Phi) is 3.92. The number of Topliss-reactive ketones (excluding diaryl/α,β-unsaturated/α-hetero) is 1. The van der Waals surface area contributed by atoms with E-state index < -0.39 is 4.92 Å². The summed E-state index contributed by atoms with van der Waals surface area (Å²) in [5.74, 6) is 5.88. The predicted octanol–water partition coefficient (Wildman–Crippen LogP) is 3.20. The lowest BCUT2D eigenvalue weighted by Gasteiger charge is -1.95. The molecule has 4 heteroatoms. The monoisotopic (exact) mass is 265 g/mol. The molecule has 2 rings (SSSR count). The Morgan fingerprint density at radius 1 is 0.950 bits per heavy atom. The summed E-state index contributed by atoms with van der Waals surface area (Å²) in [4.78, 5) is 21.2. The molecule has 0 unspecified atom stereocenters. The molecule has 2 aromatic rings. The smallest absolute Gasteiger partial charge is 0.269 e. The molecule has 0 aliphatic heterocycles. The zero-order valence-electron chi connectivity index (χ0n) is 10.8. The lowest BCUT2D eigenvalue weighted by molar-refractivity contribution is -0.384. The third-order valence-corrected chi connectivity index (χ3v) is 2.72. The fourth-order valence-corrected chi connectivity index (χ4v) is 1.60. The van der Waals surface area contributed by atoms with E-state index in [0.29, 0.717) is 11.1 Å². The van der Waals surface area contributed by atoms with Gasteiger partial charge in [-0.15, -0.1) is 0 Å². The van der Waals surface area contributed by atoms with E-state index in [-0.39, 0.29) is 11.5 Å². The number of rotatable bonds is 2. The van der Waals surface area contributed by atoms with Crippen LogP contribution >= 0.6 is 0 Å². The van der Waals surface area contributed by atoms with Crippen molar-refractivity contribution in [2.45, 2.75) is 6.92 Å². The number of ketones is 1. The molecular formula is C16H11NO3. The van der Waals surface area contributed by atoms with Crippen LogP contribution in [0, 0.1) is 22.0 Å². The van der Waals surface area contributed by atoms with Gasteiger partial charge >= 0.3 is 0 Å². The zero-order valence-corrected chi connectivity index (χ0v) is 10.8. The molecule has 0 radical (unpaired) electrons. The van der Waals surface area contributed by atoms with E-state index in [4.69, 9.17) is 0 Å². The number of hydrogen-bond acceptors (Lipinski definition) is 3. The normalized spacial score (nSPS) is 9.45. The van der Waals surface area contributed by atoms with Gasteiger partial charge in [-0.3, -0.25) is 14.9 Å². The predicted molar refractivity (Wildman–Crippen MR) is 75.5 cm³/mol. The molecular weight excluding hydrogens is 254 g/mol. The number of nitro groups is 1. The van der Waals surface area contributed by atoms with Crippen molar-refractivity contribution in [3.05, 3.63) is 75.3 Å². The van der Waals surface area contributed by atoms with Crippen LogP contribution in [0.1, 0.15) is 28.4 Å². The van der Waals surface area contributed by atoms with Gasteiger partial charge < -0.3 is 0 Å². The summed E-state index contributed by atoms with van der Waals surface area (Å²) in [5.41, 5.74) is 2.17. The number of hydrogen-bond donors (Lipinski definition) is 0. The molecule has 20 heavy (non-hydrogen) atoms. The van der Waals surface area contributed by atoms with E-state index in [0.717, 1.165) is 5.56 Å².